The lowest BCUT2D eigenvalue weighted by atomic mass is 10.1. The lowest BCUT2D eigenvalue weighted by Gasteiger charge is -2.14. The first-order valence-corrected chi connectivity index (χ1v) is 6.63. The van der Waals surface area contributed by atoms with E-state index in [1.807, 2.05) is 6.92 Å². The van der Waals surface area contributed by atoms with Crippen LogP contribution in [0, 0.1) is 6.92 Å². The Hall–Kier alpha value is -2.44. The molecule has 0 saturated heterocycles. The van der Waals surface area contributed by atoms with Crippen LogP contribution in [-0.4, -0.2) is 15.9 Å². The average Bonchev–Trinajstić information content (AvgIpc) is 2.46. The molecule has 1 heterocycles. The summed E-state index contributed by atoms with van der Waals surface area (Å²) in [7, 11) is 0. The predicted octanol–water partition coefficient (Wildman–Crippen LogP) is 3.62. The van der Waals surface area contributed by atoms with Crippen molar-refractivity contribution >= 4 is 11.6 Å². The summed E-state index contributed by atoms with van der Waals surface area (Å²) >= 11 is 0. The van der Waals surface area contributed by atoms with Crippen LogP contribution in [0.3, 0.4) is 0 Å². The molecular weight excluding hydrogens is 295 g/mol. The third-order valence-electron chi connectivity index (χ3n) is 3.07. The highest BCUT2D eigenvalue weighted by Gasteiger charge is 2.33. The highest BCUT2D eigenvalue weighted by Crippen LogP contribution is 2.34. The number of benzene rings is 1. The number of amides is 1. The number of halogens is 3. The molecule has 0 aliphatic rings. The van der Waals surface area contributed by atoms with Gasteiger partial charge >= 0.3 is 6.18 Å². The number of aryl methyl sites for hydroxylation is 2. The molecule has 0 saturated carbocycles. The first-order valence-electron chi connectivity index (χ1n) is 6.63. The van der Waals surface area contributed by atoms with Crippen molar-refractivity contribution in [1.82, 2.24) is 9.97 Å². The molecule has 0 atom stereocenters. The maximum absolute atomic E-state index is 12.9. The van der Waals surface area contributed by atoms with E-state index >= 15 is 0 Å². The van der Waals surface area contributed by atoms with Gasteiger partial charge in [-0.1, -0.05) is 19.1 Å². The zero-order valence-corrected chi connectivity index (χ0v) is 12.0. The van der Waals surface area contributed by atoms with E-state index in [1.54, 1.807) is 6.92 Å². The van der Waals surface area contributed by atoms with Crippen LogP contribution in [0.1, 0.15) is 34.4 Å². The number of hydrogen-bond acceptors (Lipinski definition) is 3. The van der Waals surface area contributed by atoms with Crippen LogP contribution in [0.4, 0.5) is 18.9 Å². The van der Waals surface area contributed by atoms with Gasteiger partial charge in [0.15, 0.2) is 0 Å². The van der Waals surface area contributed by atoms with Gasteiger partial charge in [0.2, 0.25) is 0 Å². The van der Waals surface area contributed by atoms with Crippen molar-refractivity contribution in [1.29, 1.82) is 0 Å². The minimum atomic E-state index is -4.54. The normalized spacial score (nSPS) is 11.3. The van der Waals surface area contributed by atoms with Gasteiger partial charge in [-0.2, -0.15) is 13.2 Å². The Balaban J connectivity index is 2.30. The van der Waals surface area contributed by atoms with Crippen molar-refractivity contribution in [2.24, 2.45) is 0 Å². The van der Waals surface area contributed by atoms with Crippen molar-refractivity contribution < 1.29 is 18.0 Å². The van der Waals surface area contributed by atoms with E-state index in [0.29, 0.717) is 17.9 Å². The largest absolute Gasteiger partial charge is 0.418 e. The molecule has 116 valence electrons. The van der Waals surface area contributed by atoms with E-state index in [4.69, 9.17) is 0 Å². The predicted molar refractivity (Wildman–Crippen MR) is 75.5 cm³/mol. The van der Waals surface area contributed by atoms with Crippen LogP contribution in [0.25, 0.3) is 0 Å². The summed E-state index contributed by atoms with van der Waals surface area (Å²) in [6, 6.07) is 4.81. The third kappa shape index (κ3) is 3.41. The molecule has 1 N–H and O–H groups in total. The average molecular weight is 309 g/mol. The van der Waals surface area contributed by atoms with Gasteiger partial charge in [-0.3, -0.25) is 4.79 Å². The Morgan fingerprint density at radius 2 is 1.95 bits per heavy atom. The van der Waals surface area contributed by atoms with Crippen molar-refractivity contribution in [3.8, 4) is 0 Å². The van der Waals surface area contributed by atoms with Crippen LogP contribution in [-0.2, 0) is 12.6 Å². The number of nitrogens with one attached hydrogen (secondary N) is 1. The second kappa shape index (κ2) is 6.13. The molecule has 2 rings (SSSR count). The third-order valence-corrected chi connectivity index (χ3v) is 3.07. The van der Waals surface area contributed by atoms with Gasteiger partial charge < -0.3 is 5.32 Å². The number of carbonyl (C=O) groups is 1. The highest BCUT2D eigenvalue weighted by molar-refractivity contribution is 6.05. The van der Waals surface area contributed by atoms with Gasteiger partial charge in [0.1, 0.15) is 5.82 Å². The number of aromatic nitrogens is 2. The summed E-state index contributed by atoms with van der Waals surface area (Å²) in [5.41, 5.74) is -0.617. The van der Waals surface area contributed by atoms with E-state index in [0.717, 1.165) is 6.07 Å². The fraction of sp³-hybridized carbons (Fsp3) is 0.267. The molecule has 4 nitrogen and oxygen atoms in total. The Morgan fingerprint density at radius 1 is 1.27 bits per heavy atom. The summed E-state index contributed by atoms with van der Waals surface area (Å²) in [4.78, 5) is 20.3. The fourth-order valence-electron chi connectivity index (χ4n) is 1.94. The lowest BCUT2D eigenvalue weighted by molar-refractivity contribution is -0.136. The van der Waals surface area contributed by atoms with Gasteiger partial charge in [0.25, 0.3) is 5.91 Å². The van der Waals surface area contributed by atoms with E-state index in [-0.39, 0.29) is 11.3 Å². The Kier molecular flexibility index (Phi) is 4.44. The quantitative estimate of drug-likeness (QED) is 0.942. The van der Waals surface area contributed by atoms with Crippen LogP contribution in [0.15, 0.2) is 30.5 Å². The molecule has 0 fully saturated rings. The molecule has 0 spiro atoms. The van der Waals surface area contributed by atoms with Crippen molar-refractivity contribution in [3.63, 3.8) is 0 Å². The number of alkyl halides is 3. The lowest BCUT2D eigenvalue weighted by Crippen LogP contribution is -2.18. The minimum absolute atomic E-state index is 0.147. The standard InChI is InChI=1S/C15H14F3N3O/c1-3-13-19-8-10(9(2)20-13)14(22)21-12-7-5-4-6-11(12)15(16,17)18/h4-8H,3H2,1-2H3,(H,21,22). The number of rotatable bonds is 3. The second-order valence-corrected chi connectivity index (χ2v) is 4.64. The molecule has 7 heteroatoms. The molecule has 0 radical (unpaired) electrons. The number of para-hydroxylation sites is 1. The van der Waals surface area contributed by atoms with Gasteiger partial charge in [0.05, 0.1) is 22.5 Å². The van der Waals surface area contributed by atoms with Crippen LogP contribution in [0.5, 0.6) is 0 Å². The minimum Gasteiger partial charge on any atom is -0.321 e. The Bertz CT molecular complexity index is 699. The van der Waals surface area contributed by atoms with Crippen molar-refractivity contribution in [2.75, 3.05) is 5.32 Å². The molecule has 22 heavy (non-hydrogen) atoms. The summed E-state index contributed by atoms with van der Waals surface area (Å²) in [6.07, 6.45) is -2.60. The van der Waals surface area contributed by atoms with Gasteiger partial charge in [0, 0.05) is 12.6 Å². The molecule has 1 amide bonds. The van der Waals surface area contributed by atoms with Gasteiger partial charge in [-0.25, -0.2) is 9.97 Å². The Morgan fingerprint density at radius 3 is 2.55 bits per heavy atom. The van der Waals surface area contributed by atoms with E-state index < -0.39 is 17.6 Å². The Labute approximate surface area is 125 Å². The number of hydrogen-bond donors (Lipinski definition) is 1. The molecule has 2 aromatic rings. The number of nitrogens with zero attached hydrogens (tertiary/aromatic N) is 2. The topological polar surface area (TPSA) is 54.9 Å². The first kappa shape index (κ1) is 15.9. The molecule has 1 aromatic heterocycles. The monoisotopic (exact) mass is 309 g/mol. The molecule has 0 aliphatic heterocycles. The van der Waals surface area contributed by atoms with Crippen molar-refractivity contribution in [3.05, 3.63) is 53.1 Å². The maximum atomic E-state index is 12.9. The van der Waals surface area contributed by atoms with Crippen LogP contribution < -0.4 is 5.32 Å². The summed E-state index contributed by atoms with van der Waals surface area (Å²) in [5, 5.41) is 2.27. The summed E-state index contributed by atoms with van der Waals surface area (Å²) in [6.45, 7) is 3.49. The molecule has 1 aromatic carbocycles. The number of anilines is 1. The summed E-state index contributed by atoms with van der Waals surface area (Å²) in [5.74, 6) is -0.0957. The summed E-state index contributed by atoms with van der Waals surface area (Å²) < 4.78 is 38.7. The zero-order chi connectivity index (χ0) is 16.3. The molecular formula is C15H14F3N3O. The number of carbonyl (C=O) groups excluding carboxylic acids is 1. The van der Waals surface area contributed by atoms with Crippen LogP contribution in [0.2, 0.25) is 0 Å². The molecule has 0 aliphatic carbocycles. The van der Waals surface area contributed by atoms with E-state index in [9.17, 15) is 18.0 Å². The van der Waals surface area contributed by atoms with Gasteiger partial charge in [-0.15, -0.1) is 0 Å². The van der Waals surface area contributed by atoms with Crippen molar-refractivity contribution in [2.45, 2.75) is 26.4 Å². The molecule has 0 unspecified atom stereocenters. The first-order chi connectivity index (χ1) is 10.3. The van der Waals surface area contributed by atoms with Crippen LogP contribution >= 0.6 is 0 Å². The van der Waals surface area contributed by atoms with Gasteiger partial charge in [-0.05, 0) is 19.1 Å². The van der Waals surface area contributed by atoms with E-state index in [2.05, 4.69) is 15.3 Å². The highest BCUT2D eigenvalue weighted by atomic mass is 19.4. The fourth-order valence-corrected chi connectivity index (χ4v) is 1.94. The molecule has 0 bridgehead atoms. The maximum Gasteiger partial charge on any atom is 0.418 e. The second-order valence-electron chi connectivity index (χ2n) is 4.64. The smallest absolute Gasteiger partial charge is 0.321 e. The van der Waals surface area contributed by atoms with E-state index in [1.165, 1.54) is 24.4 Å². The zero-order valence-electron chi connectivity index (χ0n) is 12.0. The SMILES string of the molecule is CCc1ncc(C(=O)Nc2ccccc2C(F)(F)F)c(C)n1.